The van der Waals surface area contributed by atoms with Crippen LogP contribution in [-0.2, 0) is 10.0 Å². The fourth-order valence-electron chi connectivity index (χ4n) is 1.68. The van der Waals surface area contributed by atoms with Crippen LogP contribution in [0.15, 0.2) is 0 Å². The smallest absolute Gasteiger partial charge is 0.214 e. The summed E-state index contributed by atoms with van der Waals surface area (Å²) in [6, 6.07) is 0.0431. The first-order valence-electron chi connectivity index (χ1n) is 6.51. The van der Waals surface area contributed by atoms with Crippen molar-refractivity contribution in [1.29, 1.82) is 0 Å². The van der Waals surface area contributed by atoms with E-state index in [2.05, 4.69) is 5.32 Å². The van der Waals surface area contributed by atoms with Crippen LogP contribution in [0.25, 0.3) is 0 Å². The SMILES string of the molecule is CCNCCCS(=O)(=O)N(CC(C)C)C(C)C. The van der Waals surface area contributed by atoms with Crippen LogP contribution in [0.1, 0.15) is 41.0 Å². The molecule has 0 aromatic heterocycles. The summed E-state index contributed by atoms with van der Waals surface area (Å²) < 4.78 is 26.0. The van der Waals surface area contributed by atoms with Crippen LogP contribution in [0.3, 0.4) is 0 Å². The number of hydrogen-bond donors (Lipinski definition) is 1. The van der Waals surface area contributed by atoms with E-state index in [1.807, 2.05) is 34.6 Å². The van der Waals surface area contributed by atoms with Crippen LogP contribution in [0, 0.1) is 5.92 Å². The molecule has 0 amide bonds. The second kappa shape index (κ2) is 8.06. The highest BCUT2D eigenvalue weighted by Crippen LogP contribution is 2.11. The first-order valence-corrected chi connectivity index (χ1v) is 8.12. The molecule has 0 heterocycles. The molecule has 0 aromatic carbocycles. The standard InChI is InChI=1S/C12H28N2O2S/c1-6-13-8-7-9-17(15,16)14(12(4)5)10-11(2)3/h11-13H,6-10H2,1-5H3. The predicted molar refractivity (Wildman–Crippen MR) is 73.6 cm³/mol. The number of hydrogen-bond acceptors (Lipinski definition) is 3. The lowest BCUT2D eigenvalue weighted by Gasteiger charge is -2.27. The van der Waals surface area contributed by atoms with Gasteiger partial charge in [0.25, 0.3) is 0 Å². The van der Waals surface area contributed by atoms with Gasteiger partial charge in [-0.15, -0.1) is 0 Å². The third-order valence-corrected chi connectivity index (χ3v) is 4.57. The Kier molecular flexibility index (Phi) is 8.00. The zero-order valence-electron chi connectivity index (χ0n) is 11.9. The third-order valence-electron chi connectivity index (χ3n) is 2.48. The van der Waals surface area contributed by atoms with E-state index in [-0.39, 0.29) is 11.8 Å². The van der Waals surface area contributed by atoms with E-state index in [4.69, 9.17) is 0 Å². The van der Waals surface area contributed by atoms with Crippen molar-refractivity contribution in [3.05, 3.63) is 0 Å². The fraction of sp³-hybridized carbons (Fsp3) is 1.00. The number of nitrogens with one attached hydrogen (secondary N) is 1. The van der Waals surface area contributed by atoms with E-state index in [1.54, 1.807) is 4.31 Å². The maximum Gasteiger partial charge on any atom is 0.214 e. The molecule has 0 spiro atoms. The van der Waals surface area contributed by atoms with Crippen molar-refractivity contribution >= 4 is 10.0 Å². The van der Waals surface area contributed by atoms with Crippen molar-refractivity contribution in [3.63, 3.8) is 0 Å². The second-order valence-corrected chi connectivity index (χ2v) is 7.12. The van der Waals surface area contributed by atoms with E-state index >= 15 is 0 Å². The molecule has 1 N–H and O–H groups in total. The molecule has 5 heteroatoms. The Labute approximate surface area is 107 Å². The Morgan fingerprint density at radius 2 is 1.76 bits per heavy atom. The number of nitrogens with zero attached hydrogens (tertiary/aromatic N) is 1. The van der Waals surface area contributed by atoms with Crippen LogP contribution >= 0.6 is 0 Å². The van der Waals surface area contributed by atoms with Gasteiger partial charge in [-0.2, -0.15) is 4.31 Å². The zero-order valence-corrected chi connectivity index (χ0v) is 12.7. The van der Waals surface area contributed by atoms with E-state index in [9.17, 15) is 8.42 Å². The topological polar surface area (TPSA) is 49.4 Å². The normalized spacial score (nSPS) is 12.9. The van der Waals surface area contributed by atoms with Crippen molar-refractivity contribution < 1.29 is 8.42 Å². The predicted octanol–water partition coefficient (Wildman–Crippen LogP) is 1.68. The second-order valence-electron chi connectivity index (χ2n) is 5.08. The highest BCUT2D eigenvalue weighted by atomic mass is 32.2. The Bertz CT molecular complexity index is 287. The van der Waals surface area contributed by atoms with Gasteiger partial charge in [0, 0.05) is 12.6 Å². The Hall–Kier alpha value is -0.130. The van der Waals surface area contributed by atoms with Gasteiger partial charge in [0.1, 0.15) is 0 Å². The average Bonchev–Trinajstić information content (AvgIpc) is 2.20. The van der Waals surface area contributed by atoms with Gasteiger partial charge in [0.2, 0.25) is 10.0 Å². The minimum Gasteiger partial charge on any atom is -0.317 e. The molecule has 104 valence electrons. The molecule has 0 atom stereocenters. The van der Waals surface area contributed by atoms with Gasteiger partial charge in [-0.05, 0) is 39.3 Å². The zero-order chi connectivity index (χ0) is 13.5. The van der Waals surface area contributed by atoms with Crippen LogP contribution in [0.5, 0.6) is 0 Å². The summed E-state index contributed by atoms with van der Waals surface area (Å²) in [5.74, 6) is 0.603. The Balaban J connectivity index is 4.40. The fourth-order valence-corrected chi connectivity index (χ4v) is 3.59. The highest BCUT2D eigenvalue weighted by Gasteiger charge is 2.24. The lowest BCUT2D eigenvalue weighted by Crippen LogP contribution is -2.41. The van der Waals surface area contributed by atoms with Gasteiger partial charge in [-0.1, -0.05) is 20.8 Å². The molecule has 0 radical (unpaired) electrons. The molecule has 0 aliphatic heterocycles. The first kappa shape index (κ1) is 16.9. The van der Waals surface area contributed by atoms with Crippen LogP contribution in [0.4, 0.5) is 0 Å². The highest BCUT2D eigenvalue weighted by molar-refractivity contribution is 7.89. The maximum absolute atomic E-state index is 12.2. The number of rotatable bonds is 9. The van der Waals surface area contributed by atoms with Crippen molar-refractivity contribution in [1.82, 2.24) is 9.62 Å². The lowest BCUT2D eigenvalue weighted by atomic mass is 10.2. The molecular weight excluding hydrogens is 236 g/mol. The van der Waals surface area contributed by atoms with Gasteiger partial charge in [-0.3, -0.25) is 0 Å². The maximum atomic E-state index is 12.2. The monoisotopic (exact) mass is 264 g/mol. The Morgan fingerprint density at radius 1 is 1.18 bits per heavy atom. The van der Waals surface area contributed by atoms with Crippen LogP contribution in [0.2, 0.25) is 0 Å². The molecule has 0 saturated carbocycles. The van der Waals surface area contributed by atoms with Gasteiger partial charge in [0.15, 0.2) is 0 Å². The van der Waals surface area contributed by atoms with Crippen molar-refractivity contribution in [2.75, 3.05) is 25.4 Å². The summed E-state index contributed by atoms with van der Waals surface area (Å²) in [6.45, 7) is 12.2. The molecule has 0 bridgehead atoms. The Morgan fingerprint density at radius 3 is 2.18 bits per heavy atom. The van der Waals surface area contributed by atoms with E-state index in [0.717, 1.165) is 13.1 Å². The molecule has 0 aliphatic carbocycles. The summed E-state index contributed by atoms with van der Waals surface area (Å²) in [5.41, 5.74) is 0. The molecule has 17 heavy (non-hydrogen) atoms. The minimum absolute atomic E-state index is 0.0431. The van der Waals surface area contributed by atoms with Crippen molar-refractivity contribution in [2.24, 2.45) is 5.92 Å². The molecule has 0 aliphatic rings. The molecular formula is C12H28N2O2S. The summed E-state index contributed by atoms with van der Waals surface area (Å²) in [6.07, 6.45) is 0.678. The van der Waals surface area contributed by atoms with Gasteiger partial charge in [-0.25, -0.2) is 8.42 Å². The summed E-state index contributed by atoms with van der Waals surface area (Å²) in [4.78, 5) is 0. The summed E-state index contributed by atoms with van der Waals surface area (Å²) in [7, 11) is -3.10. The van der Waals surface area contributed by atoms with Gasteiger partial charge >= 0.3 is 0 Å². The number of sulfonamides is 1. The molecule has 0 unspecified atom stereocenters. The quantitative estimate of drug-likeness (QED) is 0.645. The molecule has 0 saturated heterocycles. The van der Waals surface area contributed by atoms with Crippen LogP contribution < -0.4 is 5.32 Å². The van der Waals surface area contributed by atoms with E-state index in [0.29, 0.717) is 18.9 Å². The van der Waals surface area contributed by atoms with E-state index < -0.39 is 10.0 Å². The minimum atomic E-state index is -3.10. The van der Waals surface area contributed by atoms with Crippen molar-refractivity contribution in [3.8, 4) is 0 Å². The molecule has 4 nitrogen and oxygen atoms in total. The van der Waals surface area contributed by atoms with Crippen LogP contribution in [-0.4, -0.2) is 44.2 Å². The molecule has 0 rings (SSSR count). The summed E-state index contributed by atoms with van der Waals surface area (Å²) in [5, 5.41) is 3.15. The molecule has 0 aromatic rings. The lowest BCUT2D eigenvalue weighted by molar-refractivity contribution is 0.318. The van der Waals surface area contributed by atoms with E-state index in [1.165, 1.54) is 0 Å². The average molecular weight is 264 g/mol. The molecule has 0 fully saturated rings. The van der Waals surface area contributed by atoms with Crippen molar-refractivity contribution in [2.45, 2.75) is 47.1 Å². The van der Waals surface area contributed by atoms with Gasteiger partial charge in [0.05, 0.1) is 5.75 Å². The first-order chi connectivity index (χ1) is 7.81. The largest absolute Gasteiger partial charge is 0.317 e. The third kappa shape index (κ3) is 7.01. The summed E-state index contributed by atoms with van der Waals surface area (Å²) >= 11 is 0. The van der Waals surface area contributed by atoms with Gasteiger partial charge < -0.3 is 5.32 Å².